The number of pyridine rings is 1. The maximum absolute atomic E-state index is 14.8. The molecule has 5 aliphatic rings. The number of fused-ring (bicyclic) bond motifs is 6. The molecule has 1 spiro atoms. The van der Waals surface area contributed by atoms with E-state index < -0.39 is 35.0 Å². The van der Waals surface area contributed by atoms with E-state index in [9.17, 15) is 14.7 Å². The SMILES string of the molecule is CC1=C[C@]23C(=O)[C@@H](C=C4COC(C)(C)O[C@H]4[C@]2(O)[C@H]1OC(=O)c1nccc2ccccc12)[C@H]1[C@@H](C[C@H]3C)C1(C)C. The fourth-order valence-corrected chi connectivity index (χ4v) is 8.74. The van der Waals surface area contributed by atoms with E-state index >= 15 is 0 Å². The van der Waals surface area contributed by atoms with Crippen LogP contribution in [0.1, 0.15) is 58.5 Å². The number of Topliss-reactive ketones (excluding diaryl/α,β-unsaturated/α-hetero) is 1. The van der Waals surface area contributed by atoms with Crippen LogP contribution < -0.4 is 0 Å². The molecule has 1 saturated heterocycles. The summed E-state index contributed by atoms with van der Waals surface area (Å²) in [4.78, 5) is 33.0. The predicted octanol–water partition coefficient (Wildman–Crippen LogP) is 5.03. The number of allylic oxidation sites excluding steroid dienone is 1. The molecule has 1 aromatic heterocycles. The lowest BCUT2D eigenvalue weighted by Gasteiger charge is -2.52. The van der Waals surface area contributed by atoms with Crippen molar-refractivity contribution in [1.29, 1.82) is 0 Å². The highest BCUT2D eigenvalue weighted by molar-refractivity contribution is 6.03. The number of carbonyl (C=O) groups excluding carboxylic acids is 2. The first-order chi connectivity index (χ1) is 18.8. The van der Waals surface area contributed by atoms with Crippen molar-refractivity contribution in [2.24, 2.45) is 34.5 Å². The van der Waals surface area contributed by atoms with Gasteiger partial charge in [0.1, 0.15) is 6.10 Å². The van der Waals surface area contributed by atoms with Crippen molar-refractivity contribution in [1.82, 2.24) is 4.98 Å². The lowest BCUT2D eigenvalue weighted by molar-refractivity contribution is -0.302. The number of nitrogens with zero attached hydrogens (tertiary/aromatic N) is 1. The molecule has 210 valence electrons. The summed E-state index contributed by atoms with van der Waals surface area (Å²) >= 11 is 0. The van der Waals surface area contributed by atoms with Crippen LogP contribution in [-0.2, 0) is 19.0 Å². The molecule has 7 nitrogen and oxygen atoms in total. The van der Waals surface area contributed by atoms with Crippen molar-refractivity contribution in [2.45, 2.75) is 71.6 Å². The van der Waals surface area contributed by atoms with Crippen LogP contribution in [-0.4, -0.2) is 52.0 Å². The third-order valence-electron chi connectivity index (χ3n) is 10.8. The van der Waals surface area contributed by atoms with Gasteiger partial charge in [-0.1, -0.05) is 57.2 Å². The van der Waals surface area contributed by atoms with Crippen molar-refractivity contribution in [3.63, 3.8) is 0 Å². The van der Waals surface area contributed by atoms with Crippen LogP contribution in [0.15, 0.2) is 59.8 Å². The van der Waals surface area contributed by atoms with E-state index in [1.165, 1.54) is 0 Å². The van der Waals surface area contributed by atoms with E-state index in [4.69, 9.17) is 14.2 Å². The second-order valence-corrected chi connectivity index (χ2v) is 13.7. The maximum atomic E-state index is 14.8. The first-order valence-electron chi connectivity index (χ1n) is 14.4. The van der Waals surface area contributed by atoms with Gasteiger partial charge in [0.15, 0.2) is 29.0 Å². The number of carbonyl (C=O) groups is 2. The average Bonchev–Trinajstić information content (AvgIpc) is 3.40. The monoisotopic (exact) mass is 543 g/mol. The van der Waals surface area contributed by atoms with Gasteiger partial charge in [-0.3, -0.25) is 4.79 Å². The highest BCUT2D eigenvalue weighted by Crippen LogP contribution is 2.72. The van der Waals surface area contributed by atoms with E-state index in [0.29, 0.717) is 16.9 Å². The molecular formula is C33H37NO6. The molecular weight excluding hydrogens is 506 g/mol. The molecule has 0 amide bonds. The Bertz CT molecular complexity index is 1520. The van der Waals surface area contributed by atoms with Gasteiger partial charge < -0.3 is 19.3 Å². The molecule has 2 aromatic rings. The Balaban J connectivity index is 1.38. The van der Waals surface area contributed by atoms with Crippen molar-refractivity contribution in [2.75, 3.05) is 6.61 Å². The first-order valence-corrected chi connectivity index (χ1v) is 14.4. The van der Waals surface area contributed by atoms with Crippen molar-refractivity contribution in [3.05, 3.63) is 65.5 Å². The van der Waals surface area contributed by atoms with Gasteiger partial charge in [-0.15, -0.1) is 0 Å². The zero-order valence-corrected chi connectivity index (χ0v) is 23.9. The summed E-state index contributed by atoms with van der Waals surface area (Å²) in [5.41, 5.74) is -1.53. The minimum atomic E-state index is -1.85. The summed E-state index contributed by atoms with van der Waals surface area (Å²) in [5.74, 6) is -1.67. The summed E-state index contributed by atoms with van der Waals surface area (Å²) in [6.07, 6.45) is 4.31. The normalized spacial score (nSPS) is 40.5. The standard InChI is InChI=1S/C33H37NO6/c1-17-15-32-18(2)13-23-24(30(23,3)4)22(26(32)35)14-20-16-38-31(5,6)40-28(20)33(32,37)27(17)39-29(36)25-21-10-8-7-9-19(21)11-12-34-25/h7-12,14-15,18,22-24,27-28,37H,13,16H2,1-6H3/t18-,22+,23-,24+,27+,28-,32+,33-/m1/s1. The van der Waals surface area contributed by atoms with Crippen LogP contribution in [0.5, 0.6) is 0 Å². The summed E-state index contributed by atoms with van der Waals surface area (Å²) in [6, 6.07) is 9.34. The molecule has 40 heavy (non-hydrogen) atoms. The number of aliphatic hydroxyl groups is 1. The zero-order chi connectivity index (χ0) is 28.4. The minimum Gasteiger partial charge on any atom is -0.450 e. The smallest absolute Gasteiger partial charge is 0.358 e. The molecule has 3 fully saturated rings. The third-order valence-corrected chi connectivity index (χ3v) is 10.8. The summed E-state index contributed by atoms with van der Waals surface area (Å²) in [6.45, 7) is 12.2. The van der Waals surface area contributed by atoms with E-state index in [1.807, 2.05) is 63.3 Å². The molecule has 7 rings (SSSR count). The third kappa shape index (κ3) is 3.20. The Labute approximate surface area is 234 Å². The molecule has 2 heterocycles. The number of benzene rings is 1. The summed E-state index contributed by atoms with van der Waals surface area (Å²) in [7, 11) is 0. The topological polar surface area (TPSA) is 95.0 Å². The Morgan fingerprint density at radius 3 is 2.67 bits per heavy atom. The average molecular weight is 544 g/mol. The second-order valence-electron chi connectivity index (χ2n) is 13.7. The number of rotatable bonds is 2. The number of ether oxygens (including phenoxy) is 3. The lowest BCUT2D eigenvalue weighted by Crippen LogP contribution is -2.68. The van der Waals surface area contributed by atoms with Gasteiger partial charge in [0.05, 0.1) is 12.0 Å². The highest BCUT2D eigenvalue weighted by atomic mass is 16.7. The van der Waals surface area contributed by atoms with Crippen molar-refractivity contribution >= 4 is 22.5 Å². The molecule has 1 N–H and O–H groups in total. The Morgan fingerprint density at radius 2 is 1.90 bits per heavy atom. The molecule has 1 aliphatic heterocycles. The van der Waals surface area contributed by atoms with Gasteiger partial charge in [-0.25, -0.2) is 9.78 Å². The van der Waals surface area contributed by atoms with Gasteiger partial charge in [0.2, 0.25) is 0 Å². The van der Waals surface area contributed by atoms with E-state index in [-0.39, 0.29) is 41.3 Å². The quantitative estimate of drug-likeness (QED) is 0.420. The number of aromatic nitrogens is 1. The molecule has 0 unspecified atom stereocenters. The van der Waals surface area contributed by atoms with Gasteiger partial charge in [-0.2, -0.15) is 0 Å². The molecule has 4 aliphatic carbocycles. The van der Waals surface area contributed by atoms with Gasteiger partial charge in [0.25, 0.3) is 0 Å². The molecule has 2 saturated carbocycles. The summed E-state index contributed by atoms with van der Waals surface area (Å²) in [5, 5.41) is 14.7. The van der Waals surface area contributed by atoms with Gasteiger partial charge in [0, 0.05) is 17.5 Å². The Kier molecular flexibility index (Phi) is 5.29. The molecule has 1 aromatic carbocycles. The van der Waals surface area contributed by atoms with Crippen LogP contribution in [0, 0.1) is 34.5 Å². The molecule has 8 atom stereocenters. The summed E-state index contributed by atoms with van der Waals surface area (Å²) < 4.78 is 18.8. The Morgan fingerprint density at radius 1 is 1.15 bits per heavy atom. The van der Waals surface area contributed by atoms with E-state index in [2.05, 4.69) is 25.8 Å². The largest absolute Gasteiger partial charge is 0.450 e. The van der Waals surface area contributed by atoms with Crippen LogP contribution in [0.2, 0.25) is 0 Å². The minimum absolute atomic E-state index is 0.00920. The zero-order valence-electron chi connectivity index (χ0n) is 23.9. The van der Waals surface area contributed by atoms with Crippen molar-refractivity contribution in [3.8, 4) is 0 Å². The fourth-order valence-electron chi connectivity index (χ4n) is 8.74. The van der Waals surface area contributed by atoms with Crippen LogP contribution >= 0.6 is 0 Å². The van der Waals surface area contributed by atoms with Crippen molar-refractivity contribution < 1.29 is 28.9 Å². The maximum Gasteiger partial charge on any atom is 0.358 e. The number of ketones is 1. The number of hydrogen-bond donors (Lipinski definition) is 1. The van der Waals surface area contributed by atoms with Crippen LogP contribution in [0.3, 0.4) is 0 Å². The van der Waals surface area contributed by atoms with Crippen LogP contribution in [0.4, 0.5) is 0 Å². The predicted molar refractivity (Wildman–Crippen MR) is 148 cm³/mol. The van der Waals surface area contributed by atoms with Gasteiger partial charge in [-0.05, 0) is 73.0 Å². The molecule has 0 radical (unpaired) electrons. The van der Waals surface area contributed by atoms with Crippen LogP contribution in [0.25, 0.3) is 10.8 Å². The number of hydrogen-bond acceptors (Lipinski definition) is 7. The molecule has 2 bridgehead atoms. The highest BCUT2D eigenvalue weighted by Gasteiger charge is 2.77. The second kappa shape index (κ2) is 8.11. The molecule has 7 heteroatoms. The van der Waals surface area contributed by atoms with E-state index in [1.54, 1.807) is 6.20 Å². The van der Waals surface area contributed by atoms with Gasteiger partial charge >= 0.3 is 5.97 Å². The Hall–Kier alpha value is -2.87. The first kappa shape index (κ1) is 26.1. The van der Waals surface area contributed by atoms with E-state index in [0.717, 1.165) is 17.4 Å². The fraction of sp³-hybridized carbons (Fsp3) is 0.545. The number of esters is 1. The lowest BCUT2D eigenvalue weighted by atomic mass is 9.59.